The second-order valence-electron chi connectivity index (χ2n) is 7.38. The fourth-order valence-corrected chi connectivity index (χ4v) is 4.08. The fourth-order valence-electron chi connectivity index (χ4n) is 4.08. The minimum Gasteiger partial charge on any atom is -0.470 e. The van der Waals surface area contributed by atoms with E-state index in [9.17, 15) is 14.1 Å². The Hall–Kier alpha value is -3.16. The van der Waals surface area contributed by atoms with E-state index in [1.165, 1.54) is 17.1 Å². The first-order chi connectivity index (χ1) is 13.6. The summed E-state index contributed by atoms with van der Waals surface area (Å²) in [7, 11) is 0. The van der Waals surface area contributed by atoms with Gasteiger partial charge in [-0.25, -0.2) is 9.40 Å². The zero-order valence-corrected chi connectivity index (χ0v) is 15.2. The summed E-state index contributed by atoms with van der Waals surface area (Å²) < 4.78 is 19.4. The summed E-state index contributed by atoms with van der Waals surface area (Å²) in [6.07, 6.45) is 7.91. The van der Waals surface area contributed by atoms with E-state index in [1.807, 2.05) is 6.20 Å². The Bertz CT molecular complexity index is 955. The number of ether oxygens (including phenoxy) is 1. The minimum absolute atomic E-state index is 0.00852. The highest BCUT2D eigenvalue weighted by molar-refractivity contribution is 5.84. The fraction of sp³-hybridized carbons (Fsp3) is 0.350. The van der Waals surface area contributed by atoms with Gasteiger partial charge in [-0.1, -0.05) is 12.1 Å². The lowest BCUT2D eigenvalue weighted by Crippen LogP contribution is -2.56. The molecule has 5 rings (SSSR count). The number of hydrogen-bond donors (Lipinski definition) is 1. The van der Waals surface area contributed by atoms with Crippen LogP contribution in [0.3, 0.4) is 0 Å². The Labute approximate surface area is 161 Å². The van der Waals surface area contributed by atoms with Crippen LogP contribution in [0.5, 0.6) is 0 Å². The predicted octanol–water partition coefficient (Wildman–Crippen LogP) is 2.14. The first-order valence-corrected chi connectivity index (χ1v) is 9.46. The van der Waals surface area contributed by atoms with Gasteiger partial charge < -0.3 is 9.64 Å². The third kappa shape index (κ3) is 2.85. The van der Waals surface area contributed by atoms with Crippen LogP contribution in [0.4, 0.5) is 4.39 Å². The summed E-state index contributed by atoms with van der Waals surface area (Å²) in [6.45, 7) is 1.19. The molecule has 144 valence electrons. The number of hydrogen-bond acceptors (Lipinski definition) is 4. The van der Waals surface area contributed by atoms with E-state index in [2.05, 4.69) is 10.4 Å². The molecule has 3 heterocycles. The van der Waals surface area contributed by atoms with Gasteiger partial charge >= 0.3 is 0 Å². The molecule has 3 aliphatic heterocycles. The van der Waals surface area contributed by atoms with Crippen molar-refractivity contribution >= 4 is 5.91 Å². The summed E-state index contributed by atoms with van der Waals surface area (Å²) in [6, 6.07) is 6.22. The molecule has 4 aliphatic rings. The molecule has 2 fully saturated rings. The van der Waals surface area contributed by atoms with Crippen LogP contribution < -0.4 is 5.53 Å². The molecule has 0 saturated carbocycles. The molecule has 0 radical (unpaired) electrons. The molecule has 1 N–H and O–H groups in total. The average molecular weight is 383 g/mol. The van der Waals surface area contributed by atoms with Crippen LogP contribution in [-0.4, -0.2) is 40.0 Å². The number of fused-ring (bicyclic) bond motifs is 3. The molecule has 2 atom stereocenters. The maximum absolute atomic E-state index is 13.4. The molecular formula is C20H20FN4O3+. The second-order valence-corrected chi connectivity index (χ2v) is 7.38. The van der Waals surface area contributed by atoms with E-state index in [4.69, 9.17) is 4.74 Å². The van der Waals surface area contributed by atoms with Gasteiger partial charge in [0.25, 0.3) is 11.6 Å². The first-order valence-electron chi connectivity index (χ1n) is 9.46. The molecule has 1 amide bonds. The summed E-state index contributed by atoms with van der Waals surface area (Å²) in [5, 5.41) is 1.29. The number of allylic oxidation sites excluding steroid dienone is 1. The van der Waals surface area contributed by atoms with Crippen molar-refractivity contribution < 1.29 is 18.8 Å². The van der Waals surface area contributed by atoms with E-state index in [-0.39, 0.29) is 24.5 Å². The number of rotatable bonds is 3. The van der Waals surface area contributed by atoms with Gasteiger partial charge in [0.15, 0.2) is 17.0 Å². The molecule has 1 aromatic carbocycles. The van der Waals surface area contributed by atoms with Gasteiger partial charge in [0.1, 0.15) is 11.6 Å². The predicted molar refractivity (Wildman–Crippen MR) is 97.1 cm³/mol. The van der Waals surface area contributed by atoms with Gasteiger partial charge in [0, 0.05) is 30.8 Å². The Morgan fingerprint density at radius 1 is 1.36 bits per heavy atom. The van der Waals surface area contributed by atoms with Crippen molar-refractivity contribution in [1.82, 2.24) is 15.4 Å². The van der Waals surface area contributed by atoms with Gasteiger partial charge in [-0.3, -0.25) is 4.79 Å². The highest BCUT2D eigenvalue weighted by Crippen LogP contribution is 2.37. The van der Waals surface area contributed by atoms with Gasteiger partial charge in [0.05, 0.1) is 11.5 Å². The van der Waals surface area contributed by atoms with Gasteiger partial charge in [0.2, 0.25) is 0 Å². The Morgan fingerprint density at radius 3 is 3.11 bits per heavy atom. The lowest BCUT2D eigenvalue weighted by atomic mass is 9.93. The quantitative estimate of drug-likeness (QED) is 0.811. The van der Waals surface area contributed by atoms with Crippen molar-refractivity contribution in [1.29, 1.82) is 0 Å². The van der Waals surface area contributed by atoms with Crippen molar-refractivity contribution in [3.8, 4) is 0 Å². The van der Waals surface area contributed by atoms with Crippen LogP contribution in [0, 0.1) is 16.6 Å². The van der Waals surface area contributed by atoms with Crippen LogP contribution in [0.1, 0.15) is 18.4 Å². The molecule has 8 heteroatoms. The number of hydrazine groups is 2. The number of carbonyl (C=O) groups is 1. The lowest BCUT2D eigenvalue weighted by molar-refractivity contribution is -0.600. The summed E-state index contributed by atoms with van der Waals surface area (Å²) in [5.74, 6) is -0.575. The Kier molecular flexibility index (Phi) is 3.92. The van der Waals surface area contributed by atoms with E-state index in [1.54, 1.807) is 24.3 Å². The zero-order valence-electron chi connectivity index (χ0n) is 15.2. The molecular weight excluding hydrogens is 363 g/mol. The number of halogens is 1. The average Bonchev–Trinajstić information content (AvgIpc) is 3.14. The molecule has 7 nitrogen and oxygen atoms in total. The molecule has 2 saturated heterocycles. The molecule has 1 aliphatic carbocycles. The van der Waals surface area contributed by atoms with Crippen molar-refractivity contribution in [3.05, 3.63) is 75.9 Å². The number of benzene rings is 1. The topological polar surface area (TPSA) is 64.9 Å². The number of carbonyl (C=O) groups excluding carboxylic acids is 1. The van der Waals surface area contributed by atoms with E-state index in [0.29, 0.717) is 22.7 Å². The van der Waals surface area contributed by atoms with Crippen LogP contribution in [0.2, 0.25) is 0 Å². The molecule has 0 spiro atoms. The number of nitroso groups, excluding NO2 is 1. The summed E-state index contributed by atoms with van der Waals surface area (Å²) >= 11 is 0. The van der Waals surface area contributed by atoms with Crippen LogP contribution in [-0.2, 0) is 16.0 Å². The number of amides is 1. The summed E-state index contributed by atoms with van der Waals surface area (Å²) in [4.78, 5) is 28.2. The van der Waals surface area contributed by atoms with Crippen molar-refractivity contribution in [2.24, 2.45) is 5.92 Å². The molecule has 0 bridgehead atoms. The monoisotopic (exact) mass is 383 g/mol. The number of nitrogens with one attached hydrogen (secondary N) is 1. The van der Waals surface area contributed by atoms with Gasteiger partial charge in [-0.05, 0) is 42.1 Å². The zero-order chi connectivity index (χ0) is 19.3. The molecule has 28 heavy (non-hydrogen) atoms. The van der Waals surface area contributed by atoms with Crippen LogP contribution >= 0.6 is 0 Å². The molecule has 2 unspecified atom stereocenters. The lowest BCUT2D eigenvalue weighted by Gasteiger charge is -2.34. The molecule has 0 aromatic heterocycles. The Balaban J connectivity index is 1.36. The van der Waals surface area contributed by atoms with Crippen molar-refractivity contribution in [3.63, 3.8) is 0 Å². The van der Waals surface area contributed by atoms with Crippen molar-refractivity contribution in [2.75, 3.05) is 13.1 Å². The maximum Gasteiger partial charge on any atom is 0.288 e. The highest BCUT2D eigenvalue weighted by Gasteiger charge is 2.47. The largest absolute Gasteiger partial charge is 0.470 e. The Morgan fingerprint density at radius 2 is 2.25 bits per heavy atom. The minimum atomic E-state index is -0.689. The van der Waals surface area contributed by atoms with E-state index in [0.717, 1.165) is 30.5 Å². The van der Waals surface area contributed by atoms with E-state index >= 15 is 0 Å². The van der Waals surface area contributed by atoms with Crippen LogP contribution in [0.25, 0.3) is 0 Å². The summed E-state index contributed by atoms with van der Waals surface area (Å²) in [5.41, 5.74) is 4.51. The second kappa shape index (κ2) is 6.47. The SMILES string of the molecule is O=C1C2C=C3OC4CCCN4C=C3C=C2[N+](=O)NN1CCc1cccc(F)c1. The molecule has 1 aromatic rings. The number of nitrogens with zero attached hydrogens (tertiary/aromatic N) is 3. The smallest absolute Gasteiger partial charge is 0.288 e. The third-order valence-electron chi connectivity index (χ3n) is 5.52. The van der Waals surface area contributed by atoms with Crippen molar-refractivity contribution in [2.45, 2.75) is 25.5 Å². The highest BCUT2D eigenvalue weighted by atomic mass is 19.1. The standard InChI is InChI=1S/C20H20FN4O3/c21-15-4-1-3-13(9-15)6-8-24-20(26)16-11-18-14(10-17(16)25(27)22-24)12-23-7-2-5-19(23)28-18/h1,3-4,9-12,16,19H,2,5-8H2,(H,22,27)/q+1. The third-order valence-corrected chi connectivity index (χ3v) is 5.52. The maximum atomic E-state index is 13.4. The van der Waals surface area contributed by atoms with Crippen LogP contribution in [0.15, 0.2) is 59.6 Å². The first kappa shape index (κ1) is 17.0. The van der Waals surface area contributed by atoms with E-state index < -0.39 is 5.92 Å². The normalized spacial score (nSPS) is 25.7. The van der Waals surface area contributed by atoms with Gasteiger partial charge in [-0.15, -0.1) is 0 Å². The van der Waals surface area contributed by atoms with Gasteiger partial charge in [-0.2, -0.15) is 0 Å².